The van der Waals surface area contributed by atoms with Gasteiger partial charge in [0.05, 0.1) is 6.42 Å². The van der Waals surface area contributed by atoms with Gasteiger partial charge in [0, 0.05) is 31.7 Å². The minimum atomic E-state index is -0.929. The number of carboxylic acids is 1. The van der Waals surface area contributed by atoms with Crippen LogP contribution in [-0.4, -0.2) is 47.7 Å². The SMILES string of the molecule is C[C@@H](Cc1ccccc1F)C(=O)N(CCC(=O)O)C1CCOCC1. The molecule has 0 aromatic heterocycles. The summed E-state index contributed by atoms with van der Waals surface area (Å²) in [6, 6.07) is 6.42. The van der Waals surface area contributed by atoms with Gasteiger partial charge in [-0.1, -0.05) is 25.1 Å². The van der Waals surface area contributed by atoms with Gasteiger partial charge in [0.2, 0.25) is 5.91 Å². The Bertz CT molecular complexity index is 572. The molecular formula is C18H24FNO4. The first kappa shape index (κ1) is 18.4. The Labute approximate surface area is 141 Å². The summed E-state index contributed by atoms with van der Waals surface area (Å²) in [7, 11) is 0. The van der Waals surface area contributed by atoms with Crippen LogP contribution in [0.4, 0.5) is 4.39 Å². The lowest BCUT2D eigenvalue weighted by Gasteiger charge is -2.35. The van der Waals surface area contributed by atoms with E-state index < -0.39 is 11.9 Å². The van der Waals surface area contributed by atoms with Crippen LogP contribution in [0.2, 0.25) is 0 Å². The van der Waals surface area contributed by atoms with Crippen molar-refractivity contribution in [3.63, 3.8) is 0 Å². The number of benzene rings is 1. The first-order chi connectivity index (χ1) is 11.5. The third-order valence-corrected chi connectivity index (χ3v) is 4.39. The lowest BCUT2D eigenvalue weighted by molar-refractivity contribution is -0.142. The topological polar surface area (TPSA) is 66.8 Å². The molecule has 132 valence electrons. The second-order valence-electron chi connectivity index (χ2n) is 6.22. The van der Waals surface area contributed by atoms with Crippen molar-refractivity contribution in [1.82, 2.24) is 4.90 Å². The Kier molecular flexibility index (Phi) is 6.73. The minimum absolute atomic E-state index is 0.00586. The maximum absolute atomic E-state index is 13.8. The summed E-state index contributed by atoms with van der Waals surface area (Å²) >= 11 is 0. The predicted octanol–water partition coefficient (Wildman–Crippen LogP) is 2.49. The number of ether oxygens (including phenoxy) is 1. The Morgan fingerprint density at radius 2 is 2.00 bits per heavy atom. The van der Waals surface area contributed by atoms with Crippen molar-refractivity contribution >= 4 is 11.9 Å². The van der Waals surface area contributed by atoms with Crippen molar-refractivity contribution in [1.29, 1.82) is 0 Å². The quantitative estimate of drug-likeness (QED) is 0.830. The number of amides is 1. The first-order valence-corrected chi connectivity index (χ1v) is 8.32. The molecule has 1 aliphatic heterocycles. The van der Waals surface area contributed by atoms with Crippen LogP contribution in [0.15, 0.2) is 24.3 Å². The van der Waals surface area contributed by atoms with E-state index in [1.807, 2.05) is 0 Å². The van der Waals surface area contributed by atoms with Gasteiger partial charge in [-0.25, -0.2) is 4.39 Å². The Morgan fingerprint density at radius 3 is 2.62 bits per heavy atom. The zero-order chi connectivity index (χ0) is 17.5. The molecule has 1 fully saturated rings. The summed E-state index contributed by atoms with van der Waals surface area (Å²) in [5, 5.41) is 8.94. The molecule has 1 saturated heterocycles. The number of hydrogen-bond donors (Lipinski definition) is 1. The smallest absolute Gasteiger partial charge is 0.305 e. The van der Waals surface area contributed by atoms with E-state index in [0.29, 0.717) is 38.0 Å². The molecule has 0 aliphatic carbocycles. The predicted molar refractivity (Wildman–Crippen MR) is 87.1 cm³/mol. The lowest BCUT2D eigenvalue weighted by atomic mass is 9.97. The van der Waals surface area contributed by atoms with Crippen LogP contribution in [-0.2, 0) is 20.7 Å². The van der Waals surface area contributed by atoms with E-state index in [9.17, 15) is 14.0 Å². The fraction of sp³-hybridized carbons (Fsp3) is 0.556. The maximum Gasteiger partial charge on any atom is 0.305 e. The molecule has 1 amide bonds. The van der Waals surface area contributed by atoms with E-state index in [2.05, 4.69) is 0 Å². The van der Waals surface area contributed by atoms with Crippen molar-refractivity contribution < 1.29 is 23.8 Å². The second-order valence-corrected chi connectivity index (χ2v) is 6.22. The number of aliphatic carboxylic acids is 1. The third kappa shape index (κ3) is 5.03. The first-order valence-electron chi connectivity index (χ1n) is 8.32. The molecular weight excluding hydrogens is 313 g/mol. The standard InChI is InChI=1S/C18H24FNO4/c1-13(12-14-4-2-3-5-16(14)19)18(23)20(9-6-17(21)22)15-7-10-24-11-8-15/h2-5,13,15H,6-12H2,1H3,(H,21,22)/t13-/m0/s1. The van der Waals surface area contributed by atoms with Crippen LogP contribution in [0, 0.1) is 11.7 Å². The van der Waals surface area contributed by atoms with Crippen LogP contribution < -0.4 is 0 Å². The van der Waals surface area contributed by atoms with E-state index in [0.717, 1.165) is 0 Å². The zero-order valence-corrected chi connectivity index (χ0v) is 13.9. The molecule has 6 heteroatoms. The van der Waals surface area contributed by atoms with Crippen molar-refractivity contribution in [3.05, 3.63) is 35.6 Å². The van der Waals surface area contributed by atoms with E-state index in [4.69, 9.17) is 9.84 Å². The Hall–Kier alpha value is -1.95. The molecule has 0 bridgehead atoms. The number of rotatable bonds is 7. The van der Waals surface area contributed by atoms with Crippen LogP contribution in [0.1, 0.15) is 31.7 Å². The van der Waals surface area contributed by atoms with Gasteiger partial charge in [0.15, 0.2) is 0 Å². The van der Waals surface area contributed by atoms with Gasteiger partial charge >= 0.3 is 5.97 Å². The molecule has 0 spiro atoms. The zero-order valence-electron chi connectivity index (χ0n) is 13.9. The molecule has 24 heavy (non-hydrogen) atoms. The molecule has 0 radical (unpaired) electrons. The Balaban J connectivity index is 2.07. The molecule has 1 atom stereocenters. The van der Waals surface area contributed by atoms with E-state index in [-0.39, 0.29) is 30.7 Å². The molecule has 0 saturated carbocycles. The highest BCUT2D eigenvalue weighted by Crippen LogP contribution is 2.20. The second kappa shape index (κ2) is 8.78. The van der Waals surface area contributed by atoms with E-state index in [1.165, 1.54) is 6.07 Å². The van der Waals surface area contributed by atoms with E-state index >= 15 is 0 Å². The molecule has 1 aromatic carbocycles. The number of nitrogens with zero attached hydrogens (tertiary/aromatic N) is 1. The fourth-order valence-electron chi connectivity index (χ4n) is 3.05. The molecule has 1 heterocycles. The average molecular weight is 337 g/mol. The summed E-state index contributed by atoms with van der Waals surface area (Å²) in [5.74, 6) is -1.77. The monoisotopic (exact) mass is 337 g/mol. The third-order valence-electron chi connectivity index (χ3n) is 4.39. The highest BCUT2D eigenvalue weighted by atomic mass is 19.1. The molecule has 1 N–H and O–H groups in total. The number of halogens is 1. The number of hydrogen-bond acceptors (Lipinski definition) is 3. The summed E-state index contributed by atoms with van der Waals surface area (Å²) in [6.45, 7) is 3.09. The summed E-state index contributed by atoms with van der Waals surface area (Å²) in [5.41, 5.74) is 0.503. The summed E-state index contributed by atoms with van der Waals surface area (Å²) in [6.07, 6.45) is 1.63. The van der Waals surface area contributed by atoms with Gasteiger partial charge in [-0.3, -0.25) is 9.59 Å². The molecule has 2 rings (SSSR count). The van der Waals surface area contributed by atoms with Crippen LogP contribution in [0.3, 0.4) is 0 Å². The highest BCUT2D eigenvalue weighted by molar-refractivity contribution is 5.79. The van der Waals surface area contributed by atoms with Gasteiger partial charge in [-0.2, -0.15) is 0 Å². The van der Waals surface area contributed by atoms with Crippen LogP contribution in [0.5, 0.6) is 0 Å². The number of carbonyl (C=O) groups excluding carboxylic acids is 1. The largest absolute Gasteiger partial charge is 0.481 e. The molecule has 1 aliphatic rings. The average Bonchev–Trinajstić information content (AvgIpc) is 2.57. The van der Waals surface area contributed by atoms with Gasteiger partial charge < -0.3 is 14.7 Å². The molecule has 5 nitrogen and oxygen atoms in total. The number of carbonyl (C=O) groups is 2. The van der Waals surface area contributed by atoms with Gasteiger partial charge in [-0.15, -0.1) is 0 Å². The lowest BCUT2D eigenvalue weighted by Crippen LogP contribution is -2.46. The van der Waals surface area contributed by atoms with Crippen LogP contribution >= 0.6 is 0 Å². The van der Waals surface area contributed by atoms with Gasteiger partial charge in [-0.05, 0) is 30.9 Å². The van der Waals surface area contributed by atoms with Crippen molar-refractivity contribution in [2.75, 3.05) is 19.8 Å². The summed E-state index contributed by atoms with van der Waals surface area (Å²) in [4.78, 5) is 25.4. The van der Waals surface area contributed by atoms with Crippen LogP contribution in [0.25, 0.3) is 0 Å². The maximum atomic E-state index is 13.8. The summed E-state index contributed by atoms with van der Waals surface area (Å²) < 4.78 is 19.1. The van der Waals surface area contributed by atoms with Gasteiger partial charge in [0.25, 0.3) is 0 Å². The molecule has 0 unspecified atom stereocenters. The van der Waals surface area contributed by atoms with Crippen molar-refractivity contribution in [2.45, 2.75) is 38.6 Å². The fourth-order valence-corrected chi connectivity index (χ4v) is 3.05. The van der Waals surface area contributed by atoms with E-state index in [1.54, 1.807) is 30.0 Å². The Morgan fingerprint density at radius 1 is 1.33 bits per heavy atom. The minimum Gasteiger partial charge on any atom is -0.481 e. The highest BCUT2D eigenvalue weighted by Gasteiger charge is 2.29. The number of carboxylic acid groups (broad SMARTS) is 1. The van der Waals surface area contributed by atoms with Gasteiger partial charge in [0.1, 0.15) is 5.82 Å². The normalized spacial score (nSPS) is 16.6. The van der Waals surface area contributed by atoms with Crippen molar-refractivity contribution in [2.24, 2.45) is 5.92 Å². The molecule has 1 aromatic rings. The van der Waals surface area contributed by atoms with Crippen molar-refractivity contribution in [3.8, 4) is 0 Å².